The Kier molecular flexibility index (Phi) is 3.37. The Hall–Kier alpha value is -2.96. The summed E-state index contributed by atoms with van der Waals surface area (Å²) >= 11 is 0. The van der Waals surface area contributed by atoms with Crippen molar-refractivity contribution < 1.29 is 9.90 Å². The van der Waals surface area contributed by atoms with Gasteiger partial charge in [0.15, 0.2) is 5.82 Å². The summed E-state index contributed by atoms with van der Waals surface area (Å²) in [6, 6.07) is 9.16. The predicted molar refractivity (Wildman–Crippen MR) is 70.6 cm³/mol. The molecule has 0 spiro atoms. The molecule has 7 heteroatoms. The molecule has 1 aromatic heterocycles. The Morgan fingerprint density at radius 2 is 1.74 bits per heavy atom. The summed E-state index contributed by atoms with van der Waals surface area (Å²) in [6.45, 7) is 0. The number of benzene rings is 1. The molecule has 0 unspecified atom stereocenters. The Bertz CT molecular complexity index is 637. The van der Waals surface area contributed by atoms with Crippen molar-refractivity contribution in [3.05, 3.63) is 42.0 Å². The minimum absolute atomic E-state index is 0.186. The first-order valence-electron chi connectivity index (χ1n) is 5.33. The van der Waals surface area contributed by atoms with E-state index in [0.717, 1.165) is 0 Å². The van der Waals surface area contributed by atoms with Crippen LogP contribution in [0.4, 0.5) is 23.0 Å². The number of aromatic carboxylic acids is 1. The van der Waals surface area contributed by atoms with Crippen LogP contribution < -0.4 is 11.5 Å². The van der Waals surface area contributed by atoms with Gasteiger partial charge in [0.2, 0.25) is 0 Å². The molecular formula is C12H11N5O2. The Morgan fingerprint density at radius 3 is 2.32 bits per heavy atom. The zero-order valence-corrected chi connectivity index (χ0v) is 9.82. The van der Waals surface area contributed by atoms with Crippen LogP contribution in [0.5, 0.6) is 0 Å². The van der Waals surface area contributed by atoms with E-state index in [1.807, 2.05) is 0 Å². The van der Waals surface area contributed by atoms with Crippen LogP contribution in [0.1, 0.15) is 10.4 Å². The van der Waals surface area contributed by atoms with Gasteiger partial charge in [0.05, 0.1) is 11.3 Å². The summed E-state index contributed by atoms with van der Waals surface area (Å²) < 4.78 is 0. The fraction of sp³-hybridized carbons (Fsp3) is 0. The lowest BCUT2D eigenvalue weighted by Gasteiger charge is -1.99. The number of nitrogens with zero attached hydrogens (tertiary/aromatic N) is 3. The van der Waals surface area contributed by atoms with E-state index in [2.05, 4.69) is 15.2 Å². The highest BCUT2D eigenvalue weighted by Crippen LogP contribution is 2.23. The van der Waals surface area contributed by atoms with E-state index in [0.29, 0.717) is 17.2 Å². The van der Waals surface area contributed by atoms with Gasteiger partial charge in [-0.05, 0) is 36.4 Å². The van der Waals surface area contributed by atoms with Crippen LogP contribution in [0.15, 0.2) is 46.6 Å². The van der Waals surface area contributed by atoms with Crippen LogP contribution in [-0.2, 0) is 0 Å². The van der Waals surface area contributed by atoms with Crippen LogP contribution in [0.3, 0.4) is 0 Å². The topological polar surface area (TPSA) is 127 Å². The number of anilines is 2. The van der Waals surface area contributed by atoms with Gasteiger partial charge in [-0.3, -0.25) is 0 Å². The van der Waals surface area contributed by atoms with E-state index in [-0.39, 0.29) is 11.4 Å². The molecule has 0 amide bonds. The predicted octanol–water partition coefficient (Wildman–Crippen LogP) is 2.36. The molecule has 0 radical (unpaired) electrons. The van der Waals surface area contributed by atoms with Crippen LogP contribution in [0.25, 0.3) is 0 Å². The molecule has 0 aliphatic rings. The molecule has 0 atom stereocenters. The number of carbonyl (C=O) groups is 1. The molecule has 2 rings (SSSR count). The van der Waals surface area contributed by atoms with E-state index in [4.69, 9.17) is 16.6 Å². The van der Waals surface area contributed by atoms with E-state index in [1.165, 1.54) is 12.1 Å². The van der Waals surface area contributed by atoms with Crippen LogP contribution in [-0.4, -0.2) is 16.1 Å². The molecule has 2 aromatic rings. The molecule has 0 aliphatic heterocycles. The third-order valence-corrected chi connectivity index (χ3v) is 2.31. The summed E-state index contributed by atoms with van der Waals surface area (Å²) in [4.78, 5) is 14.5. The third kappa shape index (κ3) is 3.03. The molecule has 7 nitrogen and oxygen atoms in total. The van der Waals surface area contributed by atoms with Crippen LogP contribution >= 0.6 is 0 Å². The van der Waals surface area contributed by atoms with Gasteiger partial charge in [0.25, 0.3) is 0 Å². The molecule has 0 saturated heterocycles. The summed E-state index contributed by atoms with van der Waals surface area (Å²) in [6.07, 6.45) is 0. The average molecular weight is 257 g/mol. The molecule has 5 N–H and O–H groups in total. The molecular weight excluding hydrogens is 246 g/mol. The number of aromatic nitrogens is 1. The van der Waals surface area contributed by atoms with Gasteiger partial charge in [0.1, 0.15) is 11.5 Å². The monoisotopic (exact) mass is 257 g/mol. The number of carboxylic acids is 1. The number of hydrogen-bond acceptors (Lipinski definition) is 6. The SMILES string of the molecule is Nc1ccc(N=Nc2ccc(C(=O)O)cc2)c(N)n1. The fourth-order valence-corrected chi connectivity index (χ4v) is 1.35. The van der Waals surface area contributed by atoms with E-state index < -0.39 is 5.97 Å². The lowest BCUT2D eigenvalue weighted by molar-refractivity contribution is 0.0697. The lowest BCUT2D eigenvalue weighted by Crippen LogP contribution is -1.95. The van der Waals surface area contributed by atoms with Crippen molar-refractivity contribution in [2.75, 3.05) is 11.5 Å². The largest absolute Gasteiger partial charge is 0.478 e. The first-order chi connectivity index (χ1) is 9.06. The van der Waals surface area contributed by atoms with Gasteiger partial charge < -0.3 is 16.6 Å². The summed E-state index contributed by atoms with van der Waals surface area (Å²) in [5.41, 5.74) is 12.2. The maximum absolute atomic E-state index is 10.7. The van der Waals surface area contributed by atoms with Gasteiger partial charge in [0, 0.05) is 0 Å². The molecule has 0 aliphatic carbocycles. The molecule has 0 fully saturated rings. The molecule has 19 heavy (non-hydrogen) atoms. The van der Waals surface area contributed by atoms with Gasteiger partial charge in [-0.25, -0.2) is 9.78 Å². The van der Waals surface area contributed by atoms with Crippen molar-refractivity contribution in [2.45, 2.75) is 0 Å². The number of hydrogen-bond donors (Lipinski definition) is 3. The van der Waals surface area contributed by atoms with Crippen molar-refractivity contribution in [3.63, 3.8) is 0 Å². The van der Waals surface area contributed by atoms with Crippen molar-refractivity contribution in [3.8, 4) is 0 Å². The van der Waals surface area contributed by atoms with E-state index in [9.17, 15) is 4.79 Å². The quantitative estimate of drug-likeness (QED) is 0.727. The van der Waals surface area contributed by atoms with Crippen LogP contribution in [0.2, 0.25) is 0 Å². The maximum atomic E-state index is 10.7. The van der Waals surface area contributed by atoms with Crippen molar-refractivity contribution in [1.29, 1.82) is 0 Å². The maximum Gasteiger partial charge on any atom is 0.335 e. The number of rotatable bonds is 3. The van der Waals surface area contributed by atoms with Gasteiger partial charge in [-0.15, -0.1) is 5.11 Å². The number of azo groups is 1. The second-order valence-corrected chi connectivity index (χ2v) is 3.69. The summed E-state index contributed by atoms with van der Waals surface area (Å²) in [7, 11) is 0. The number of pyridine rings is 1. The molecule has 1 heterocycles. The Labute approximate surface area is 108 Å². The molecule has 0 bridgehead atoms. The fourth-order valence-electron chi connectivity index (χ4n) is 1.35. The zero-order chi connectivity index (χ0) is 13.8. The zero-order valence-electron chi connectivity index (χ0n) is 9.82. The average Bonchev–Trinajstić information content (AvgIpc) is 2.38. The normalized spacial score (nSPS) is 10.7. The second-order valence-electron chi connectivity index (χ2n) is 3.69. The van der Waals surface area contributed by atoms with E-state index in [1.54, 1.807) is 24.3 Å². The molecule has 0 saturated carbocycles. The van der Waals surface area contributed by atoms with Gasteiger partial charge in [-0.2, -0.15) is 5.11 Å². The number of nitrogens with two attached hydrogens (primary N) is 2. The number of nitrogen functional groups attached to an aromatic ring is 2. The first kappa shape index (κ1) is 12.5. The van der Waals surface area contributed by atoms with Crippen molar-refractivity contribution >= 4 is 29.0 Å². The highest BCUT2D eigenvalue weighted by Gasteiger charge is 2.02. The highest BCUT2D eigenvalue weighted by atomic mass is 16.4. The minimum atomic E-state index is -0.990. The smallest absolute Gasteiger partial charge is 0.335 e. The summed E-state index contributed by atoms with van der Waals surface area (Å²) in [5.74, 6) is -0.497. The lowest BCUT2D eigenvalue weighted by atomic mass is 10.2. The minimum Gasteiger partial charge on any atom is -0.478 e. The Balaban J connectivity index is 2.20. The number of carboxylic acid groups (broad SMARTS) is 1. The van der Waals surface area contributed by atoms with Crippen molar-refractivity contribution in [2.24, 2.45) is 10.2 Å². The summed E-state index contributed by atoms with van der Waals surface area (Å²) in [5, 5.41) is 16.6. The molecule has 1 aromatic carbocycles. The van der Waals surface area contributed by atoms with Gasteiger partial charge >= 0.3 is 5.97 Å². The Morgan fingerprint density at radius 1 is 1.05 bits per heavy atom. The third-order valence-electron chi connectivity index (χ3n) is 2.31. The van der Waals surface area contributed by atoms with E-state index >= 15 is 0 Å². The van der Waals surface area contributed by atoms with Crippen molar-refractivity contribution in [1.82, 2.24) is 4.98 Å². The molecule has 96 valence electrons. The van der Waals surface area contributed by atoms with Gasteiger partial charge in [-0.1, -0.05) is 0 Å². The highest BCUT2D eigenvalue weighted by molar-refractivity contribution is 5.87. The van der Waals surface area contributed by atoms with Crippen LogP contribution in [0, 0.1) is 0 Å². The second kappa shape index (κ2) is 5.13. The standard InChI is InChI=1S/C12H11N5O2/c13-10-6-5-9(11(14)15-10)17-16-8-3-1-7(2-4-8)12(18)19/h1-6H,(H,18,19)(H4,13,14,15). The first-order valence-corrected chi connectivity index (χ1v) is 5.33.